The Balaban J connectivity index is 0.00000200. The van der Waals surface area contributed by atoms with Crippen molar-refractivity contribution >= 4 is 26.0 Å². The third-order valence-corrected chi connectivity index (χ3v) is 3.34. The van der Waals surface area contributed by atoms with Crippen LogP contribution in [0, 0.1) is 12.3 Å². The Hall–Kier alpha value is -0.339. The molecular weight excluding hydrogens is 292 g/mol. The van der Waals surface area contributed by atoms with E-state index in [9.17, 15) is 9.59 Å². The summed E-state index contributed by atoms with van der Waals surface area (Å²) >= 11 is 0. The molecule has 3 N–H and O–H groups in total. The Labute approximate surface area is 169 Å². The fourth-order valence-corrected chi connectivity index (χ4v) is 2.33. The van der Waals surface area contributed by atoms with E-state index in [2.05, 4.69) is 17.6 Å². The smallest absolute Gasteiger partial charge is 0.670 e. The first-order valence-electron chi connectivity index (χ1n) is 6.22. The zero-order chi connectivity index (χ0) is 14.0. The number of rotatable bonds is 3. The van der Waals surface area contributed by atoms with Crippen molar-refractivity contribution in [3.05, 3.63) is 42.0 Å². The molecule has 0 aromatic heterocycles. The monoisotopic (exact) mass is 309 g/mol. The van der Waals surface area contributed by atoms with Gasteiger partial charge in [0.15, 0.2) is 0 Å². The van der Waals surface area contributed by atoms with E-state index < -0.39 is 11.3 Å². The number of carbonyl (C=O) groups is 2. The molecule has 3 radical (unpaired) electrons. The minimum atomic E-state index is -0.868. The molecule has 1 atom stereocenters. The van der Waals surface area contributed by atoms with Crippen molar-refractivity contribution in [2.75, 3.05) is 11.9 Å². The summed E-state index contributed by atoms with van der Waals surface area (Å²) in [5.74, 6) is -0.637. The number of carbonyl (C=O) groups excluding carboxylic acids is 2. The predicted molar refractivity (Wildman–Crippen MR) is 79.4 cm³/mol. The second-order valence-electron chi connectivity index (χ2n) is 4.93. The molecule has 5 nitrogen and oxygen atoms in total. The van der Waals surface area contributed by atoms with Crippen molar-refractivity contribution in [3.8, 4) is 0 Å². The molecule has 7 heteroatoms. The first-order chi connectivity index (χ1) is 8.94. The van der Waals surface area contributed by atoms with Gasteiger partial charge in [-0.15, -0.1) is 5.41 Å². The second kappa shape index (κ2) is 8.33. The van der Waals surface area contributed by atoms with Crippen LogP contribution in [0.2, 0.25) is 0 Å². The average Bonchev–Trinajstić information content (AvgIpc) is 2.66. The van der Waals surface area contributed by atoms with Crippen LogP contribution in [0.4, 0.5) is 10.5 Å². The predicted octanol–water partition coefficient (Wildman–Crippen LogP) is -1.05. The van der Waals surface area contributed by atoms with E-state index in [0.29, 0.717) is 25.1 Å². The summed E-state index contributed by atoms with van der Waals surface area (Å²) in [6.45, 7) is 6.27. The number of anilines is 1. The quantitative estimate of drug-likeness (QED) is 0.552. The second-order valence-corrected chi connectivity index (χ2v) is 4.93. The molecule has 105 valence electrons. The molecule has 0 bridgehead atoms. The van der Waals surface area contributed by atoms with Crippen LogP contribution in [0.15, 0.2) is 18.2 Å². The zero-order valence-electron chi connectivity index (χ0n) is 12.5. The van der Waals surface area contributed by atoms with Crippen LogP contribution in [0.1, 0.15) is 18.1 Å². The molecule has 1 aromatic carbocycles. The van der Waals surface area contributed by atoms with Gasteiger partial charge in [0.1, 0.15) is 0 Å². The Morgan fingerprint density at radius 1 is 1.33 bits per heavy atom. The topological polar surface area (TPSA) is 82.0 Å². The van der Waals surface area contributed by atoms with E-state index in [0.717, 1.165) is 11.1 Å². The number of fused-ring (bicyclic) bond motifs is 1. The SMILES string of the molecule is [B].[CH2-]C1(C([NH-])=O)Cc2ccc(NC(=O)NCC)cc2C1.[K+]. The third-order valence-electron chi connectivity index (χ3n) is 3.34. The summed E-state index contributed by atoms with van der Waals surface area (Å²) in [4.78, 5) is 22.7. The number of nitrogens with one attached hydrogen (secondary N) is 3. The van der Waals surface area contributed by atoms with Crippen LogP contribution in [-0.2, 0) is 17.6 Å². The summed E-state index contributed by atoms with van der Waals surface area (Å²) < 4.78 is 0. The molecule has 21 heavy (non-hydrogen) atoms. The minimum absolute atomic E-state index is 0. The normalized spacial score (nSPS) is 18.8. The minimum Gasteiger partial charge on any atom is -0.670 e. The van der Waals surface area contributed by atoms with Crippen LogP contribution >= 0.6 is 0 Å². The number of amides is 3. The van der Waals surface area contributed by atoms with Gasteiger partial charge in [-0.25, -0.2) is 4.79 Å². The molecule has 3 amide bonds. The molecule has 1 aromatic rings. The maximum Gasteiger partial charge on any atom is 1.00 e. The molecule has 0 saturated heterocycles. The molecular formula is C14H17BKN3O2-. The third kappa shape index (κ3) is 4.82. The van der Waals surface area contributed by atoms with Crippen LogP contribution < -0.4 is 62.0 Å². The van der Waals surface area contributed by atoms with E-state index in [4.69, 9.17) is 5.73 Å². The summed E-state index contributed by atoms with van der Waals surface area (Å²) in [5, 5.41) is 5.38. The maximum absolute atomic E-state index is 11.4. The Kier molecular flexibility index (Phi) is 8.20. The van der Waals surface area contributed by atoms with Crippen molar-refractivity contribution in [2.45, 2.75) is 19.8 Å². The van der Waals surface area contributed by atoms with Crippen molar-refractivity contribution < 1.29 is 61.0 Å². The molecule has 0 heterocycles. The number of urea groups is 1. The van der Waals surface area contributed by atoms with E-state index in [1.165, 1.54) is 0 Å². The molecule has 1 aliphatic carbocycles. The van der Waals surface area contributed by atoms with Gasteiger partial charge in [0.25, 0.3) is 0 Å². The summed E-state index contributed by atoms with van der Waals surface area (Å²) in [6, 6.07) is 5.28. The fourth-order valence-electron chi connectivity index (χ4n) is 2.33. The van der Waals surface area contributed by atoms with Gasteiger partial charge in [-0.3, -0.25) is 0 Å². The van der Waals surface area contributed by atoms with E-state index in [1.54, 1.807) is 6.07 Å². The largest absolute Gasteiger partial charge is 1.00 e. The Morgan fingerprint density at radius 2 is 1.95 bits per heavy atom. The van der Waals surface area contributed by atoms with Gasteiger partial charge < -0.3 is 28.1 Å². The van der Waals surface area contributed by atoms with Gasteiger partial charge in [-0.1, -0.05) is 6.07 Å². The van der Waals surface area contributed by atoms with Crippen LogP contribution in [0.5, 0.6) is 0 Å². The van der Waals surface area contributed by atoms with Gasteiger partial charge in [0.2, 0.25) is 0 Å². The van der Waals surface area contributed by atoms with Crippen LogP contribution in [0.3, 0.4) is 0 Å². The number of hydrogen-bond donors (Lipinski definition) is 2. The number of benzene rings is 1. The first-order valence-corrected chi connectivity index (χ1v) is 6.22. The Morgan fingerprint density at radius 3 is 2.52 bits per heavy atom. The van der Waals surface area contributed by atoms with Gasteiger partial charge in [0, 0.05) is 26.6 Å². The first kappa shape index (κ1) is 20.7. The standard InChI is InChI=1S/C14H18N3O2.B.K/c1-3-16-13(19)17-11-5-4-9-7-14(2,12(15)18)8-10(9)6-11;;/h4-6H,2-3,7-8H2,1H3,(H4,15,16,17,18,19);;/q-1;;+1/p-1. The van der Waals surface area contributed by atoms with Gasteiger partial charge in [-0.05, 0) is 43.0 Å². The van der Waals surface area contributed by atoms with Crippen molar-refractivity contribution in [1.29, 1.82) is 0 Å². The van der Waals surface area contributed by atoms with Crippen molar-refractivity contribution in [2.24, 2.45) is 5.41 Å². The molecule has 2 rings (SSSR count). The zero-order valence-corrected chi connectivity index (χ0v) is 15.6. The summed E-state index contributed by atoms with van der Waals surface area (Å²) in [5.41, 5.74) is 9.11. The van der Waals surface area contributed by atoms with Gasteiger partial charge in [0.05, 0.1) is 0 Å². The van der Waals surface area contributed by atoms with Crippen molar-refractivity contribution in [3.63, 3.8) is 0 Å². The number of hydrogen-bond acceptors (Lipinski definition) is 2. The van der Waals surface area contributed by atoms with Crippen LogP contribution in [0.25, 0.3) is 5.73 Å². The van der Waals surface area contributed by atoms with E-state index in [1.807, 2.05) is 19.1 Å². The molecule has 0 spiro atoms. The van der Waals surface area contributed by atoms with Gasteiger partial charge >= 0.3 is 57.4 Å². The maximum atomic E-state index is 11.4. The van der Waals surface area contributed by atoms with Crippen LogP contribution in [-0.4, -0.2) is 26.9 Å². The molecule has 1 unspecified atom stereocenters. The van der Waals surface area contributed by atoms with Gasteiger partial charge in [-0.2, -0.15) is 0 Å². The molecule has 0 saturated carbocycles. The molecule has 1 aliphatic rings. The summed E-state index contributed by atoms with van der Waals surface area (Å²) in [7, 11) is 0. The Bertz CT molecular complexity index is 539. The fraction of sp³-hybridized carbons (Fsp3) is 0.357. The molecule has 0 fully saturated rings. The molecule has 0 aliphatic heterocycles. The van der Waals surface area contributed by atoms with Crippen molar-refractivity contribution in [1.82, 2.24) is 5.32 Å². The van der Waals surface area contributed by atoms with E-state index >= 15 is 0 Å². The summed E-state index contributed by atoms with van der Waals surface area (Å²) in [6.07, 6.45) is 0.946. The van der Waals surface area contributed by atoms with E-state index in [-0.39, 0.29) is 65.8 Å². The average molecular weight is 309 g/mol.